The third kappa shape index (κ3) is 5.38. The summed E-state index contributed by atoms with van der Waals surface area (Å²) in [6, 6.07) is 13.3. The third-order valence-corrected chi connectivity index (χ3v) is 5.31. The molecule has 0 amide bonds. The van der Waals surface area contributed by atoms with Gasteiger partial charge in [0, 0.05) is 12.3 Å². The predicted octanol–water partition coefficient (Wildman–Crippen LogP) is 3.75. The second-order valence-corrected chi connectivity index (χ2v) is 7.78. The summed E-state index contributed by atoms with van der Waals surface area (Å²) in [5.41, 5.74) is 2.79. The Kier molecular flexibility index (Phi) is 6.93. The second-order valence-electron chi connectivity index (χ2n) is 6.71. The van der Waals surface area contributed by atoms with E-state index in [1.54, 1.807) is 16.7 Å². The summed E-state index contributed by atoms with van der Waals surface area (Å²) in [5, 5.41) is 1.11. The van der Waals surface area contributed by atoms with Crippen LogP contribution in [0, 0.1) is 13.8 Å². The number of aryl methyl sites for hydroxylation is 2. The Labute approximate surface area is 173 Å². The number of ether oxygens (including phenoxy) is 2. The van der Waals surface area contributed by atoms with Crippen LogP contribution in [0.25, 0.3) is 10.9 Å². The Morgan fingerprint density at radius 2 is 1.86 bits per heavy atom. The van der Waals surface area contributed by atoms with Gasteiger partial charge >= 0.3 is 5.97 Å². The number of fused-ring (bicyclic) bond motifs is 1. The molecule has 3 rings (SSSR count). The molecule has 0 fully saturated rings. The molecule has 2 aromatic carbocycles. The van der Waals surface area contributed by atoms with Crippen molar-refractivity contribution in [2.75, 3.05) is 19.5 Å². The van der Waals surface area contributed by atoms with Crippen molar-refractivity contribution in [2.45, 2.75) is 32.0 Å². The van der Waals surface area contributed by atoms with Gasteiger partial charge in [-0.25, -0.2) is 4.98 Å². The van der Waals surface area contributed by atoms with Crippen LogP contribution in [0.1, 0.15) is 17.5 Å². The zero-order valence-corrected chi connectivity index (χ0v) is 17.6. The largest absolute Gasteiger partial charge is 0.493 e. The van der Waals surface area contributed by atoms with Crippen molar-refractivity contribution < 1.29 is 14.3 Å². The molecule has 0 atom stereocenters. The predicted molar refractivity (Wildman–Crippen MR) is 115 cm³/mol. The van der Waals surface area contributed by atoms with Crippen LogP contribution >= 0.6 is 11.8 Å². The molecule has 0 aliphatic rings. The first-order valence-electron chi connectivity index (χ1n) is 9.38. The van der Waals surface area contributed by atoms with Crippen LogP contribution in [0.2, 0.25) is 0 Å². The number of hydrogen-bond acceptors (Lipinski definition) is 6. The highest BCUT2D eigenvalue weighted by atomic mass is 32.2. The number of thioether (sulfide) groups is 1. The highest BCUT2D eigenvalue weighted by Crippen LogP contribution is 2.20. The van der Waals surface area contributed by atoms with E-state index in [2.05, 4.69) is 11.1 Å². The fraction of sp³-hybridized carbons (Fsp3) is 0.318. The molecule has 0 N–H and O–H groups in total. The Morgan fingerprint density at radius 3 is 2.59 bits per heavy atom. The summed E-state index contributed by atoms with van der Waals surface area (Å²) in [5.74, 6) is 1.09. The average Bonchev–Trinajstić information content (AvgIpc) is 2.70. The van der Waals surface area contributed by atoms with Gasteiger partial charge in [0.2, 0.25) is 0 Å². The van der Waals surface area contributed by atoms with Crippen LogP contribution in [-0.2, 0) is 16.1 Å². The lowest BCUT2D eigenvalue weighted by Gasteiger charge is -2.13. The maximum atomic E-state index is 12.9. The molecule has 0 radical (unpaired) electrons. The first-order chi connectivity index (χ1) is 14.0. The van der Waals surface area contributed by atoms with Gasteiger partial charge in [-0.1, -0.05) is 30.0 Å². The molecule has 7 heteroatoms. The molecule has 0 aliphatic carbocycles. The highest BCUT2D eigenvalue weighted by molar-refractivity contribution is 7.99. The number of aromatic nitrogens is 2. The number of methoxy groups -OCH3 is 1. The first kappa shape index (κ1) is 20.9. The standard InChI is InChI=1S/C22H24N2O4S/c1-15-12-16(2)14-17(13-15)28-10-11-29-22-23-19-7-5-4-6-18(19)21(26)24(22)9-8-20(25)27-3/h4-7,12-14H,8-11H2,1-3H3. The quantitative estimate of drug-likeness (QED) is 0.243. The number of carbonyl (C=O) groups is 1. The maximum absolute atomic E-state index is 12.9. The van der Waals surface area contributed by atoms with Crippen LogP contribution in [-0.4, -0.2) is 35.0 Å². The van der Waals surface area contributed by atoms with Gasteiger partial charge in [-0.3, -0.25) is 14.2 Å². The average molecular weight is 413 g/mol. The molecular formula is C22H24N2O4S. The second kappa shape index (κ2) is 9.60. The SMILES string of the molecule is COC(=O)CCn1c(SCCOc2cc(C)cc(C)c2)nc2ccccc2c1=O. The minimum Gasteiger partial charge on any atom is -0.493 e. The highest BCUT2D eigenvalue weighted by Gasteiger charge is 2.13. The van der Waals surface area contributed by atoms with Crippen molar-refractivity contribution in [2.24, 2.45) is 0 Å². The van der Waals surface area contributed by atoms with Crippen LogP contribution in [0.15, 0.2) is 52.4 Å². The molecule has 0 aliphatic heterocycles. The number of benzene rings is 2. The molecular weight excluding hydrogens is 388 g/mol. The molecule has 6 nitrogen and oxygen atoms in total. The van der Waals surface area contributed by atoms with Gasteiger partial charge in [0.05, 0.1) is 31.0 Å². The minimum atomic E-state index is -0.362. The molecule has 0 bridgehead atoms. The monoisotopic (exact) mass is 412 g/mol. The van der Waals surface area contributed by atoms with Gasteiger partial charge in [0.15, 0.2) is 5.16 Å². The number of esters is 1. The molecule has 29 heavy (non-hydrogen) atoms. The molecule has 0 saturated carbocycles. The summed E-state index contributed by atoms with van der Waals surface area (Å²) in [7, 11) is 1.34. The van der Waals surface area contributed by atoms with Crippen molar-refractivity contribution in [3.8, 4) is 5.75 Å². The molecule has 152 valence electrons. The number of nitrogens with zero attached hydrogens (tertiary/aromatic N) is 2. The fourth-order valence-corrected chi connectivity index (χ4v) is 3.91. The van der Waals surface area contributed by atoms with Gasteiger partial charge in [-0.2, -0.15) is 0 Å². The third-order valence-electron chi connectivity index (χ3n) is 4.37. The summed E-state index contributed by atoms with van der Waals surface area (Å²) in [6.45, 7) is 4.78. The Bertz CT molecular complexity index is 1060. The van der Waals surface area contributed by atoms with E-state index >= 15 is 0 Å². The summed E-state index contributed by atoms with van der Waals surface area (Å²) in [6.07, 6.45) is 0.114. The van der Waals surface area contributed by atoms with Crippen molar-refractivity contribution in [1.29, 1.82) is 0 Å². The van der Waals surface area contributed by atoms with Crippen LogP contribution in [0.5, 0.6) is 5.75 Å². The van der Waals surface area contributed by atoms with Gasteiger partial charge in [0.1, 0.15) is 5.75 Å². The summed E-state index contributed by atoms with van der Waals surface area (Å²) < 4.78 is 12.1. The number of para-hydroxylation sites is 1. The molecule has 1 heterocycles. The van der Waals surface area contributed by atoms with E-state index in [0.717, 1.165) is 16.9 Å². The Morgan fingerprint density at radius 1 is 1.14 bits per heavy atom. The van der Waals surface area contributed by atoms with Gasteiger partial charge < -0.3 is 9.47 Å². The van der Waals surface area contributed by atoms with Crippen molar-refractivity contribution in [3.63, 3.8) is 0 Å². The first-order valence-corrected chi connectivity index (χ1v) is 10.4. The number of rotatable bonds is 8. The topological polar surface area (TPSA) is 70.4 Å². The lowest BCUT2D eigenvalue weighted by Crippen LogP contribution is -2.25. The molecule has 0 spiro atoms. The van der Waals surface area contributed by atoms with Crippen molar-refractivity contribution in [3.05, 3.63) is 63.9 Å². The van der Waals surface area contributed by atoms with Crippen LogP contribution < -0.4 is 10.3 Å². The molecule has 1 aromatic heterocycles. The lowest BCUT2D eigenvalue weighted by atomic mass is 10.1. The maximum Gasteiger partial charge on any atom is 0.307 e. The van der Waals surface area contributed by atoms with Gasteiger partial charge in [-0.15, -0.1) is 0 Å². The van der Waals surface area contributed by atoms with Crippen molar-refractivity contribution >= 4 is 28.6 Å². The number of hydrogen-bond donors (Lipinski definition) is 0. The zero-order chi connectivity index (χ0) is 20.8. The van der Waals surface area contributed by atoms with E-state index in [9.17, 15) is 9.59 Å². The Balaban J connectivity index is 1.75. The van der Waals surface area contributed by atoms with Gasteiger partial charge in [0.25, 0.3) is 5.56 Å². The summed E-state index contributed by atoms with van der Waals surface area (Å²) in [4.78, 5) is 29.1. The number of carbonyl (C=O) groups excluding carboxylic acids is 1. The summed E-state index contributed by atoms with van der Waals surface area (Å²) >= 11 is 1.44. The van der Waals surface area contributed by atoms with E-state index in [4.69, 9.17) is 9.47 Å². The minimum absolute atomic E-state index is 0.114. The van der Waals surface area contributed by atoms with E-state index in [-0.39, 0.29) is 24.5 Å². The van der Waals surface area contributed by atoms with E-state index in [0.29, 0.717) is 28.4 Å². The zero-order valence-electron chi connectivity index (χ0n) is 16.8. The molecule has 0 unspecified atom stereocenters. The van der Waals surface area contributed by atoms with E-state index in [1.165, 1.54) is 18.9 Å². The Hall–Kier alpha value is -2.80. The molecule has 0 saturated heterocycles. The normalized spacial score (nSPS) is 10.9. The molecule has 3 aromatic rings. The van der Waals surface area contributed by atoms with Crippen LogP contribution in [0.4, 0.5) is 0 Å². The van der Waals surface area contributed by atoms with E-state index < -0.39 is 0 Å². The lowest BCUT2D eigenvalue weighted by molar-refractivity contribution is -0.140. The van der Waals surface area contributed by atoms with Crippen LogP contribution in [0.3, 0.4) is 0 Å². The van der Waals surface area contributed by atoms with Gasteiger partial charge in [-0.05, 0) is 49.2 Å². The smallest absolute Gasteiger partial charge is 0.307 e. The van der Waals surface area contributed by atoms with E-state index in [1.807, 2.05) is 38.1 Å². The van der Waals surface area contributed by atoms with Crippen molar-refractivity contribution in [1.82, 2.24) is 9.55 Å². The fourth-order valence-electron chi connectivity index (χ4n) is 3.07.